The van der Waals surface area contributed by atoms with Crippen LogP contribution in [-0.4, -0.2) is 29.9 Å². The summed E-state index contributed by atoms with van der Waals surface area (Å²) in [4.78, 5) is 24.3. The molecule has 0 aliphatic heterocycles. The van der Waals surface area contributed by atoms with Gasteiger partial charge < -0.3 is 20.2 Å². The quantitative estimate of drug-likeness (QED) is 0.362. The number of aromatic carboxylic acids is 1. The van der Waals surface area contributed by atoms with Gasteiger partial charge in [-0.2, -0.15) is 0 Å². The number of carbonyl (C=O) groups is 1. The van der Waals surface area contributed by atoms with Crippen LogP contribution in [0.5, 0.6) is 0 Å². The SMILES string of the molecule is Cn1cnc2ccc(-c3c(-c4ccc(F)cc4)nc(N)c4nc(C(=O)[O-])cn34)cc21.[K+]. The predicted octanol–water partition coefficient (Wildman–Crippen LogP) is -0.961. The second-order valence-corrected chi connectivity index (χ2v) is 6.87. The number of nitrogen functional groups attached to an aromatic ring is 1. The Hall–Kier alpha value is -2.63. The van der Waals surface area contributed by atoms with E-state index in [2.05, 4.69) is 15.0 Å². The van der Waals surface area contributed by atoms with E-state index >= 15 is 0 Å². The van der Waals surface area contributed by atoms with Gasteiger partial charge >= 0.3 is 51.4 Å². The summed E-state index contributed by atoms with van der Waals surface area (Å²) in [6.07, 6.45) is 3.05. The number of aromatic nitrogens is 5. The molecule has 3 heterocycles. The number of carboxylic acids is 1. The summed E-state index contributed by atoms with van der Waals surface area (Å²) in [6.45, 7) is 0. The Morgan fingerprint density at radius 2 is 1.81 bits per heavy atom. The normalized spacial score (nSPS) is 11.0. The van der Waals surface area contributed by atoms with Crippen molar-refractivity contribution in [1.29, 1.82) is 0 Å². The number of hydrogen-bond donors (Lipinski definition) is 1. The molecule has 2 aromatic carbocycles. The first-order valence-corrected chi connectivity index (χ1v) is 8.99. The molecule has 0 aliphatic rings. The van der Waals surface area contributed by atoms with Crippen molar-refractivity contribution in [1.82, 2.24) is 23.9 Å². The van der Waals surface area contributed by atoms with Crippen molar-refractivity contribution < 1.29 is 65.7 Å². The van der Waals surface area contributed by atoms with Gasteiger partial charge in [0, 0.05) is 24.4 Å². The first-order chi connectivity index (χ1) is 14.4. The number of aryl methyl sites for hydroxylation is 1. The van der Waals surface area contributed by atoms with Gasteiger partial charge in [0.1, 0.15) is 11.5 Å². The topological polar surface area (TPSA) is 114 Å². The van der Waals surface area contributed by atoms with Crippen molar-refractivity contribution in [3.05, 3.63) is 66.5 Å². The van der Waals surface area contributed by atoms with Gasteiger partial charge in [0.25, 0.3) is 0 Å². The van der Waals surface area contributed by atoms with E-state index in [1.807, 2.05) is 29.8 Å². The molecular formula is C21H14FKN6O2. The van der Waals surface area contributed by atoms with Crippen LogP contribution in [0.15, 0.2) is 55.0 Å². The second-order valence-electron chi connectivity index (χ2n) is 6.87. The number of carbonyl (C=O) groups excluding carboxylic acids is 1. The Morgan fingerprint density at radius 1 is 1.10 bits per heavy atom. The number of imidazole rings is 2. The molecule has 3 aromatic heterocycles. The minimum absolute atomic E-state index is 0. The van der Waals surface area contributed by atoms with Crippen molar-refractivity contribution in [3.63, 3.8) is 0 Å². The summed E-state index contributed by atoms with van der Waals surface area (Å²) in [5.74, 6) is -1.76. The van der Waals surface area contributed by atoms with Crippen molar-refractivity contribution in [2.75, 3.05) is 5.73 Å². The van der Waals surface area contributed by atoms with Gasteiger partial charge in [-0.25, -0.2) is 19.3 Å². The van der Waals surface area contributed by atoms with Crippen LogP contribution in [0, 0.1) is 5.82 Å². The van der Waals surface area contributed by atoms with Crippen LogP contribution >= 0.6 is 0 Å². The summed E-state index contributed by atoms with van der Waals surface area (Å²) in [5.41, 5.74) is 10.1. The van der Waals surface area contributed by atoms with Gasteiger partial charge in [0.2, 0.25) is 0 Å². The molecule has 0 radical (unpaired) electrons. The van der Waals surface area contributed by atoms with E-state index in [1.54, 1.807) is 22.9 Å². The number of anilines is 1. The summed E-state index contributed by atoms with van der Waals surface area (Å²) < 4.78 is 16.9. The van der Waals surface area contributed by atoms with Crippen molar-refractivity contribution >= 4 is 28.5 Å². The third-order valence-corrected chi connectivity index (χ3v) is 4.96. The molecule has 0 fully saturated rings. The van der Waals surface area contributed by atoms with Gasteiger partial charge in [-0.15, -0.1) is 0 Å². The van der Waals surface area contributed by atoms with E-state index in [9.17, 15) is 14.3 Å². The van der Waals surface area contributed by atoms with E-state index in [0.29, 0.717) is 17.0 Å². The molecule has 0 unspecified atom stereocenters. The first kappa shape index (κ1) is 21.6. The molecule has 0 bridgehead atoms. The first-order valence-electron chi connectivity index (χ1n) is 8.99. The van der Waals surface area contributed by atoms with Crippen molar-refractivity contribution in [2.45, 2.75) is 0 Å². The van der Waals surface area contributed by atoms with Gasteiger partial charge in [-0.3, -0.25) is 4.40 Å². The molecule has 0 amide bonds. The summed E-state index contributed by atoms with van der Waals surface area (Å²) >= 11 is 0. The summed E-state index contributed by atoms with van der Waals surface area (Å²) in [6, 6.07) is 11.5. The van der Waals surface area contributed by atoms with Crippen LogP contribution in [0.3, 0.4) is 0 Å². The molecule has 8 nitrogen and oxygen atoms in total. The molecule has 0 spiro atoms. The fraction of sp³-hybridized carbons (Fsp3) is 0.0476. The van der Waals surface area contributed by atoms with Crippen molar-refractivity contribution in [3.8, 4) is 22.5 Å². The Labute approximate surface area is 218 Å². The van der Waals surface area contributed by atoms with Crippen LogP contribution < -0.4 is 62.2 Å². The van der Waals surface area contributed by atoms with E-state index in [1.165, 1.54) is 18.3 Å². The number of nitrogens with zero attached hydrogens (tertiary/aromatic N) is 5. The fourth-order valence-electron chi connectivity index (χ4n) is 3.53. The van der Waals surface area contributed by atoms with E-state index < -0.39 is 5.97 Å². The van der Waals surface area contributed by atoms with Gasteiger partial charge in [0.15, 0.2) is 11.5 Å². The van der Waals surface area contributed by atoms with Crippen LogP contribution in [0.1, 0.15) is 10.5 Å². The summed E-state index contributed by atoms with van der Waals surface area (Å²) in [5, 5.41) is 11.4. The maximum atomic E-state index is 13.5. The largest absolute Gasteiger partial charge is 1.00 e. The van der Waals surface area contributed by atoms with Crippen molar-refractivity contribution in [2.24, 2.45) is 7.05 Å². The smallest absolute Gasteiger partial charge is 0.543 e. The number of fused-ring (bicyclic) bond motifs is 2. The van der Waals surface area contributed by atoms with Crippen LogP contribution in [-0.2, 0) is 7.05 Å². The van der Waals surface area contributed by atoms with Crippen LogP contribution in [0.25, 0.3) is 39.2 Å². The minimum Gasteiger partial charge on any atom is -0.543 e. The van der Waals surface area contributed by atoms with E-state index in [0.717, 1.165) is 16.6 Å². The molecule has 0 aliphatic carbocycles. The average molecular weight is 440 g/mol. The Balaban J connectivity index is 0.00000231. The molecule has 148 valence electrons. The molecule has 0 atom stereocenters. The zero-order valence-electron chi connectivity index (χ0n) is 16.7. The monoisotopic (exact) mass is 440 g/mol. The fourth-order valence-corrected chi connectivity index (χ4v) is 3.53. The minimum atomic E-state index is -1.42. The van der Waals surface area contributed by atoms with Gasteiger partial charge in [-0.05, 0) is 36.4 Å². The molecule has 10 heteroatoms. The van der Waals surface area contributed by atoms with Gasteiger partial charge in [-0.1, -0.05) is 6.07 Å². The molecule has 31 heavy (non-hydrogen) atoms. The summed E-state index contributed by atoms with van der Waals surface area (Å²) in [7, 11) is 1.88. The number of rotatable bonds is 3. The van der Waals surface area contributed by atoms with Gasteiger partial charge in [0.05, 0.1) is 34.7 Å². The number of halogens is 1. The number of benzene rings is 2. The van der Waals surface area contributed by atoms with E-state index in [-0.39, 0.29) is 74.4 Å². The Bertz CT molecular complexity index is 1460. The standard InChI is InChI=1S/C21H15FN6O2.K/c1-27-10-24-14-7-4-12(8-16(14)27)18-17(11-2-5-13(22)6-3-11)26-19(23)20-25-15(21(29)30)9-28(18)20;/h2-10H,1H3,(H2,23,26)(H,29,30);/q;+1/p-1. The maximum Gasteiger partial charge on any atom is 1.00 e. The zero-order valence-corrected chi connectivity index (χ0v) is 19.8. The molecule has 5 aromatic rings. The molecule has 5 rings (SSSR count). The third-order valence-electron chi connectivity index (χ3n) is 4.96. The second kappa shape index (κ2) is 8.13. The number of nitrogens with two attached hydrogens (primary N) is 1. The third kappa shape index (κ3) is 3.66. The average Bonchev–Trinajstić information content (AvgIpc) is 3.33. The van der Waals surface area contributed by atoms with Crippen LogP contribution in [0.2, 0.25) is 0 Å². The Kier molecular flexibility index (Phi) is 5.66. The van der Waals surface area contributed by atoms with E-state index in [4.69, 9.17) is 5.73 Å². The maximum absolute atomic E-state index is 13.5. The molecular weight excluding hydrogens is 426 g/mol. The predicted molar refractivity (Wildman–Crippen MR) is 107 cm³/mol. The molecule has 0 saturated heterocycles. The molecule has 2 N–H and O–H groups in total. The molecule has 0 saturated carbocycles. The number of hydrogen-bond acceptors (Lipinski definition) is 6. The zero-order chi connectivity index (χ0) is 21.0. The Morgan fingerprint density at radius 3 is 2.52 bits per heavy atom. The number of carboxylic acid groups (broad SMARTS) is 1. The van der Waals surface area contributed by atoms with Crippen LogP contribution in [0.4, 0.5) is 10.2 Å².